The number of nitrogens with zero attached hydrogens (tertiary/aromatic N) is 1. The van der Waals surface area contributed by atoms with Gasteiger partial charge in [0.2, 0.25) is 0 Å². The van der Waals surface area contributed by atoms with Gasteiger partial charge in [0, 0.05) is 5.69 Å². The Morgan fingerprint density at radius 1 is 1.29 bits per heavy atom. The zero-order chi connectivity index (χ0) is 15.4. The molecule has 4 N–H and O–H groups in total. The minimum Gasteiger partial charge on any atom is -0.488 e. The number of ether oxygens (including phenoxy) is 1. The first-order chi connectivity index (χ1) is 10.0. The summed E-state index contributed by atoms with van der Waals surface area (Å²) in [6, 6.07) is 10.4. The number of amides is 1. The van der Waals surface area contributed by atoms with Crippen LogP contribution in [0.5, 0.6) is 5.75 Å². The highest BCUT2D eigenvalue weighted by molar-refractivity contribution is 5.96. The lowest BCUT2D eigenvalue weighted by atomic mass is 10.1. The number of hydrogen-bond donors (Lipinski definition) is 2. The summed E-state index contributed by atoms with van der Waals surface area (Å²) in [6.45, 7) is 0.0686. The molecule has 0 radical (unpaired) electrons. The average molecular weight is 285 g/mol. The molecule has 0 saturated carbocycles. The summed E-state index contributed by atoms with van der Waals surface area (Å²) in [5.41, 5.74) is 11.9. The number of rotatable bonds is 4. The molecule has 0 aliphatic heterocycles. The van der Waals surface area contributed by atoms with Crippen molar-refractivity contribution in [2.45, 2.75) is 6.61 Å². The highest BCUT2D eigenvalue weighted by atomic mass is 19.1. The molecule has 2 aromatic rings. The van der Waals surface area contributed by atoms with Gasteiger partial charge in [-0.15, -0.1) is 0 Å². The Bertz CT molecular complexity index is 738. The predicted molar refractivity (Wildman–Crippen MR) is 74.8 cm³/mol. The summed E-state index contributed by atoms with van der Waals surface area (Å²) in [7, 11) is 0. The molecule has 2 rings (SSSR count). The molecule has 1 amide bonds. The molecule has 106 valence electrons. The molecule has 0 saturated heterocycles. The maximum Gasteiger partial charge on any atom is 0.252 e. The first-order valence-electron chi connectivity index (χ1n) is 6.02. The van der Waals surface area contributed by atoms with Crippen LogP contribution in [-0.4, -0.2) is 5.91 Å². The Balaban J connectivity index is 2.21. The van der Waals surface area contributed by atoms with Crippen molar-refractivity contribution < 1.29 is 13.9 Å². The summed E-state index contributed by atoms with van der Waals surface area (Å²) in [5.74, 6) is -0.972. The van der Waals surface area contributed by atoms with E-state index in [0.717, 1.165) is 0 Å². The van der Waals surface area contributed by atoms with Crippen LogP contribution in [-0.2, 0) is 6.61 Å². The third kappa shape index (κ3) is 3.28. The Morgan fingerprint density at radius 3 is 2.71 bits per heavy atom. The van der Waals surface area contributed by atoms with Crippen LogP contribution >= 0.6 is 0 Å². The number of halogens is 1. The highest BCUT2D eigenvalue weighted by Gasteiger charge is 2.10. The second kappa shape index (κ2) is 5.92. The standard InChI is InChI=1S/C15H12FN3O2/c16-13-3-1-9(5-10(13)7-17)8-21-14-4-2-11(18)6-12(14)15(19)20/h1-6H,8,18H2,(H2,19,20). The third-order valence-electron chi connectivity index (χ3n) is 2.81. The first kappa shape index (κ1) is 14.3. The number of benzene rings is 2. The number of nitrogens with two attached hydrogens (primary N) is 2. The van der Waals surface area contributed by atoms with E-state index in [1.807, 2.05) is 0 Å². The normalized spacial score (nSPS) is 9.90. The van der Waals surface area contributed by atoms with Crippen molar-refractivity contribution in [2.24, 2.45) is 5.73 Å². The van der Waals surface area contributed by atoms with Crippen LogP contribution in [0.15, 0.2) is 36.4 Å². The van der Waals surface area contributed by atoms with E-state index in [1.54, 1.807) is 12.1 Å². The van der Waals surface area contributed by atoms with E-state index in [4.69, 9.17) is 21.5 Å². The summed E-state index contributed by atoms with van der Waals surface area (Å²) in [6.07, 6.45) is 0. The Kier molecular flexibility index (Phi) is 4.05. The van der Waals surface area contributed by atoms with Gasteiger partial charge in [0.1, 0.15) is 24.2 Å². The molecular formula is C15H12FN3O2. The summed E-state index contributed by atoms with van der Waals surface area (Å²) >= 11 is 0. The largest absolute Gasteiger partial charge is 0.488 e. The zero-order valence-electron chi connectivity index (χ0n) is 11.0. The Morgan fingerprint density at radius 2 is 2.05 bits per heavy atom. The quantitative estimate of drug-likeness (QED) is 0.838. The molecule has 0 aliphatic rings. The van der Waals surface area contributed by atoms with Crippen LogP contribution < -0.4 is 16.2 Å². The lowest BCUT2D eigenvalue weighted by Crippen LogP contribution is -2.13. The number of hydrogen-bond acceptors (Lipinski definition) is 4. The number of nitrogen functional groups attached to an aromatic ring is 1. The fraction of sp³-hybridized carbons (Fsp3) is 0.0667. The van der Waals surface area contributed by atoms with Crippen molar-refractivity contribution in [1.82, 2.24) is 0 Å². The van der Waals surface area contributed by atoms with Gasteiger partial charge in [0.15, 0.2) is 0 Å². The molecule has 6 heteroatoms. The van der Waals surface area contributed by atoms with Crippen LogP contribution in [0.2, 0.25) is 0 Å². The number of carbonyl (C=O) groups is 1. The molecule has 0 heterocycles. The van der Waals surface area contributed by atoms with Gasteiger partial charge in [-0.1, -0.05) is 6.07 Å². The Hall–Kier alpha value is -3.07. The zero-order valence-corrected chi connectivity index (χ0v) is 11.0. The van der Waals surface area contributed by atoms with E-state index < -0.39 is 11.7 Å². The molecule has 0 aromatic heterocycles. The smallest absolute Gasteiger partial charge is 0.252 e. The number of primary amides is 1. The molecule has 2 aromatic carbocycles. The van der Waals surface area contributed by atoms with Crippen molar-refractivity contribution in [3.05, 3.63) is 58.9 Å². The molecule has 5 nitrogen and oxygen atoms in total. The lowest BCUT2D eigenvalue weighted by molar-refractivity contribution is 0.0996. The maximum atomic E-state index is 13.2. The van der Waals surface area contributed by atoms with Crippen LogP contribution in [0.4, 0.5) is 10.1 Å². The molecular weight excluding hydrogens is 273 g/mol. The van der Waals surface area contributed by atoms with Crippen LogP contribution in [0.25, 0.3) is 0 Å². The topological polar surface area (TPSA) is 102 Å². The van der Waals surface area contributed by atoms with Gasteiger partial charge in [-0.2, -0.15) is 5.26 Å². The van der Waals surface area contributed by atoms with Crippen molar-refractivity contribution in [3.63, 3.8) is 0 Å². The fourth-order valence-corrected chi connectivity index (χ4v) is 1.77. The van der Waals surface area contributed by atoms with Crippen molar-refractivity contribution >= 4 is 11.6 Å². The van der Waals surface area contributed by atoms with Crippen LogP contribution in [0, 0.1) is 17.1 Å². The molecule has 0 fully saturated rings. The van der Waals surface area contributed by atoms with E-state index in [2.05, 4.69) is 0 Å². The van der Waals surface area contributed by atoms with E-state index in [0.29, 0.717) is 11.3 Å². The van der Waals surface area contributed by atoms with Crippen LogP contribution in [0.1, 0.15) is 21.5 Å². The van der Waals surface area contributed by atoms with E-state index in [-0.39, 0.29) is 23.5 Å². The summed E-state index contributed by atoms with van der Waals surface area (Å²) < 4.78 is 18.7. The molecule has 0 bridgehead atoms. The third-order valence-corrected chi connectivity index (χ3v) is 2.81. The van der Waals surface area contributed by atoms with Gasteiger partial charge in [-0.3, -0.25) is 4.79 Å². The highest BCUT2D eigenvalue weighted by Crippen LogP contribution is 2.22. The van der Waals surface area contributed by atoms with E-state index in [1.165, 1.54) is 30.3 Å². The van der Waals surface area contributed by atoms with Gasteiger partial charge in [0.05, 0.1) is 11.1 Å². The van der Waals surface area contributed by atoms with E-state index >= 15 is 0 Å². The molecule has 0 spiro atoms. The average Bonchev–Trinajstić information content (AvgIpc) is 2.47. The van der Waals surface area contributed by atoms with Crippen molar-refractivity contribution in [1.29, 1.82) is 5.26 Å². The summed E-state index contributed by atoms with van der Waals surface area (Å²) in [5, 5.41) is 8.77. The lowest BCUT2D eigenvalue weighted by Gasteiger charge is -2.10. The SMILES string of the molecule is N#Cc1cc(COc2ccc(N)cc2C(N)=O)ccc1F. The molecule has 0 atom stereocenters. The summed E-state index contributed by atoms with van der Waals surface area (Å²) in [4.78, 5) is 11.3. The monoisotopic (exact) mass is 285 g/mol. The number of carbonyl (C=O) groups excluding carboxylic acids is 1. The van der Waals surface area contributed by atoms with Crippen molar-refractivity contribution in [3.8, 4) is 11.8 Å². The first-order valence-corrected chi connectivity index (χ1v) is 6.02. The van der Waals surface area contributed by atoms with Gasteiger partial charge in [-0.25, -0.2) is 4.39 Å². The predicted octanol–water partition coefficient (Wildman–Crippen LogP) is 1.96. The maximum absolute atomic E-state index is 13.2. The van der Waals surface area contributed by atoms with Crippen LogP contribution in [0.3, 0.4) is 0 Å². The van der Waals surface area contributed by atoms with Gasteiger partial charge in [-0.05, 0) is 35.9 Å². The molecule has 0 unspecified atom stereocenters. The molecule has 0 aliphatic carbocycles. The number of anilines is 1. The minimum atomic E-state index is -0.658. The fourth-order valence-electron chi connectivity index (χ4n) is 1.77. The minimum absolute atomic E-state index is 0.0662. The van der Waals surface area contributed by atoms with Gasteiger partial charge in [0.25, 0.3) is 5.91 Å². The van der Waals surface area contributed by atoms with Gasteiger partial charge < -0.3 is 16.2 Å². The van der Waals surface area contributed by atoms with Gasteiger partial charge >= 0.3 is 0 Å². The number of nitriles is 1. The second-order valence-electron chi connectivity index (χ2n) is 4.33. The molecule has 21 heavy (non-hydrogen) atoms. The van der Waals surface area contributed by atoms with E-state index in [9.17, 15) is 9.18 Å². The second-order valence-corrected chi connectivity index (χ2v) is 4.33. The van der Waals surface area contributed by atoms with Crippen molar-refractivity contribution in [2.75, 3.05) is 5.73 Å². The Labute approximate surface area is 120 Å².